The maximum atomic E-state index is 6.92. The molecule has 4 unspecified atom stereocenters. The average molecular weight is 691 g/mol. The van der Waals surface area contributed by atoms with Crippen LogP contribution in [0.5, 0.6) is 11.5 Å². The van der Waals surface area contributed by atoms with Crippen molar-refractivity contribution in [3.05, 3.63) is 46.5 Å². The molecule has 4 atom stereocenters. The molecule has 2 aliphatic rings. The number of rotatable bonds is 21. The van der Waals surface area contributed by atoms with Gasteiger partial charge in [-0.2, -0.15) is 0 Å². The van der Waals surface area contributed by atoms with E-state index in [1.54, 1.807) is 0 Å². The molecule has 50 heavy (non-hydrogen) atoms. The van der Waals surface area contributed by atoms with Gasteiger partial charge in [0.25, 0.3) is 0 Å². The molecule has 0 N–H and O–H groups in total. The largest absolute Gasteiger partial charge is 0.493 e. The smallest absolute Gasteiger partial charge is 0.126 e. The fourth-order valence-electron chi connectivity index (χ4n) is 6.97. The van der Waals surface area contributed by atoms with Gasteiger partial charge in [0.1, 0.15) is 11.5 Å². The van der Waals surface area contributed by atoms with Gasteiger partial charge in [0.15, 0.2) is 0 Å². The summed E-state index contributed by atoms with van der Waals surface area (Å²) in [6.07, 6.45) is 9.40. The van der Waals surface area contributed by atoms with Crippen LogP contribution in [0.3, 0.4) is 0 Å². The van der Waals surface area contributed by atoms with Crippen LogP contribution in [0.15, 0.2) is 24.3 Å². The van der Waals surface area contributed by atoms with Crippen LogP contribution in [-0.4, -0.2) is 38.6 Å². The van der Waals surface area contributed by atoms with Crippen molar-refractivity contribution in [1.82, 2.24) is 0 Å². The molecular formula is C46H74O4. The molecule has 2 aromatic carbocycles. The van der Waals surface area contributed by atoms with Crippen molar-refractivity contribution in [2.75, 3.05) is 26.4 Å². The topological polar surface area (TPSA) is 43.5 Å². The van der Waals surface area contributed by atoms with Crippen molar-refractivity contribution in [3.8, 4) is 22.6 Å². The first-order chi connectivity index (χ1) is 23.4. The molecule has 2 aliphatic heterocycles. The van der Waals surface area contributed by atoms with Crippen molar-refractivity contribution in [1.29, 1.82) is 0 Å². The lowest BCUT2D eigenvalue weighted by atomic mass is 9.72. The van der Waals surface area contributed by atoms with Gasteiger partial charge in [0.05, 0.1) is 38.6 Å². The Morgan fingerprint density at radius 3 is 1.02 bits per heavy atom. The molecule has 0 saturated carbocycles. The Hall–Kier alpha value is -2.04. The number of hydrogen-bond acceptors (Lipinski definition) is 4. The predicted octanol–water partition coefficient (Wildman–Crippen LogP) is 12.5. The van der Waals surface area contributed by atoms with Gasteiger partial charge in [-0.1, -0.05) is 96.9 Å². The van der Waals surface area contributed by atoms with E-state index in [-0.39, 0.29) is 21.7 Å². The van der Waals surface area contributed by atoms with Crippen molar-refractivity contribution in [3.63, 3.8) is 0 Å². The molecule has 2 fully saturated rings. The summed E-state index contributed by atoms with van der Waals surface area (Å²) >= 11 is 0. The summed E-state index contributed by atoms with van der Waals surface area (Å²) in [4.78, 5) is 0. The molecule has 0 amide bonds. The fraction of sp³-hybridized carbons (Fsp3) is 0.739. The zero-order valence-corrected chi connectivity index (χ0v) is 34.7. The SMILES string of the molecule is CCC(C)(C)c1cc(-c2cc(C(C)(C)CC)c(OCCCC(C)C3CO3)c(C(C)(C)CC)c2)cc(C(C)(C)CC)c1OCCCC(C)C1CO1. The molecule has 2 heterocycles. The summed E-state index contributed by atoms with van der Waals surface area (Å²) in [5.74, 6) is 3.40. The van der Waals surface area contributed by atoms with Crippen LogP contribution in [0.2, 0.25) is 0 Å². The van der Waals surface area contributed by atoms with Crippen LogP contribution in [0, 0.1) is 11.8 Å². The summed E-state index contributed by atoms with van der Waals surface area (Å²) in [5.41, 5.74) is 7.73. The highest BCUT2D eigenvalue weighted by atomic mass is 16.6. The van der Waals surface area contributed by atoms with Crippen molar-refractivity contribution in [2.45, 2.75) is 182 Å². The van der Waals surface area contributed by atoms with Gasteiger partial charge in [-0.15, -0.1) is 0 Å². The lowest BCUT2D eigenvalue weighted by Gasteiger charge is -2.35. The molecule has 0 bridgehead atoms. The Labute approximate surface area is 307 Å². The van der Waals surface area contributed by atoms with E-state index < -0.39 is 0 Å². The molecule has 4 nitrogen and oxygen atoms in total. The Morgan fingerprint density at radius 1 is 0.540 bits per heavy atom. The van der Waals surface area contributed by atoms with Gasteiger partial charge >= 0.3 is 0 Å². The third-order valence-corrected chi connectivity index (χ3v) is 13.1. The predicted molar refractivity (Wildman–Crippen MR) is 212 cm³/mol. The standard InChI is InChI=1S/C46H74O4/c1-15-43(7,8)35-25-33(26-36(44(9,10)16-2)41(35)47-23-19-21-31(5)39-29-49-39)34-27-37(45(11,12)17-3)42(38(28-34)46(13,14)18-4)48-24-20-22-32(6)40-30-50-40/h25-28,31-32,39-40H,15-24,29-30H2,1-14H3. The van der Waals surface area contributed by atoms with E-state index in [9.17, 15) is 0 Å². The second-order valence-corrected chi connectivity index (χ2v) is 18.4. The monoisotopic (exact) mass is 691 g/mol. The van der Waals surface area contributed by atoms with Crippen LogP contribution in [0.25, 0.3) is 11.1 Å². The Kier molecular flexibility index (Phi) is 13.3. The summed E-state index contributed by atoms with van der Waals surface area (Å²) in [6.45, 7) is 36.3. The zero-order valence-electron chi connectivity index (χ0n) is 34.7. The van der Waals surface area contributed by atoms with E-state index in [0.29, 0.717) is 24.0 Å². The fourth-order valence-corrected chi connectivity index (χ4v) is 6.97. The van der Waals surface area contributed by atoms with Gasteiger partial charge in [-0.05, 0) is 120 Å². The molecule has 0 spiro atoms. The first-order valence-corrected chi connectivity index (χ1v) is 20.3. The average Bonchev–Trinajstić information content (AvgIpc) is 4.01. The normalized spacial score (nSPS) is 19.3. The maximum Gasteiger partial charge on any atom is 0.126 e. The minimum atomic E-state index is -0.0399. The van der Waals surface area contributed by atoms with Gasteiger partial charge in [-0.25, -0.2) is 0 Å². The van der Waals surface area contributed by atoms with Gasteiger partial charge in [-0.3, -0.25) is 0 Å². The molecule has 0 aliphatic carbocycles. The third kappa shape index (κ3) is 9.68. The van der Waals surface area contributed by atoms with Crippen LogP contribution in [-0.2, 0) is 31.1 Å². The van der Waals surface area contributed by atoms with Gasteiger partial charge < -0.3 is 18.9 Å². The van der Waals surface area contributed by atoms with E-state index in [1.807, 2.05) is 0 Å². The lowest BCUT2D eigenvalue weighted by Crippen LogP contribution is -2.24. The Balaban J connectivity index is 1.85. The van der Waals surface area contributed by atoms with Crippen LogP contribution < -0.4 is 9.47 Å². The maximum absolute atomic E-state index is 6.92. The van der Waals surface area contributed by atoms with E-state index in [4.69, 9.17) is 18.9 Å². The van der Waals surface area contributed by atoms with Crippen LogP contribution >= 0.6 is 0 Å². The zero-order chi connectivity index (χ0) is 37.1. The van der Waals surface area contributed by atoms with Crippen molar-refractivity contribution in [2.24, 2.45) is 11.8 Å². The number of ether oxygens (including phenoxy) is 4. The minimum absolute atomic E-state index is 0.0399. The summed E-state index contributed by atoms with van der Waals surface area (Å²) < 4.78 is 25.0. The number of benzene rings is 2. The second kappa shape index (κ2) is 16.3. The van der Waals surface area contributed by atoms with Crippen molar-refractivity contribution < 1.29 is 18.9 Å². The molecule has 2 aromatic rings. The van der Waals surface area contributed by atoms with E-state index in [1.165, 1.54) is 33.4 Å². The van der Waals surface area contributed by atoms with E-state index in [2.05, 4.69) is 121 Å². The van der Waals surface area contributed by atoms with Gasteiger partial charge in [0, 0.05) is 22.3 Å². The van der Waals surface area contributed by atoms with Crippen LogP contribution in [0.1, 0.15) is 171 Å². The first-order valence-electron chi connectivity index (χ1n) is 20.3. The molecule has 4 heteroatoms. The molecule has 282 valence electrons. The van der Waals surface area contributed by atoms with Gasteiger partial charge in [0.2, 0.25) is 0 Å². The summed E-state index contributed by atoms with van der Waals surface area (Å²) in [6, 6.07) is 9.88. The first kappa shape index (κ1) is 40.7. The highest BCUT2D eigenvalue weighted by molar-refractivity contribution is 5.73. The van der Waals surface area contributed by atoms with Crippen molar-refractivity contribution >= 4 is 0 Å². The molecule has 0 aromatic heterocycles. The third-order valence-electron chi connectivity index (χ3n) is 13.1. The minimum Gasteiger partial charge on any atom is -0.493 e. The van der Waals surface area contributed by atoms with Crippen LogP contribution in [0.4, 0.5) is 0 Å². The molecular weight excluding hydrogens is 617 g/mol. The Bertz CT molecular complexity index is 1230. The lowest BCUT2D eigenvalue weighted by molar-refractivity contribution is 0.263. The molecule has 0 radical (unpaired) electrons. The molecule has 4 rings (SSSR count). The quantitative estimate of drug-likeness (QED) is 0.0966. The summed E-state index contributed by atoms with van der Waals surface area (Å²) in [7, 11) is 0. The molecule has 2 saturated heterocycles. The van der Waals surface area contributed by atoms with E-state index in [0.717, 1.165) is 89.3 Å². The second-order valence-electron chi connectivity index (χ2n) is 18.4. The highest BCUT2D eigenvalue weighted by Gasteiger charge is 2.35. The van der Waals surface area contributed by atoms with E-state index >= 15 is 0 Å². The summed E-state index contributed by atoms with van der Waals surface area (Å²) in [5, 5.41) is 0. The number of epoxide rings is 2. The Morgan fingerprint density at radius 2 is 0.800 bits per heavy atom. The highest BCUT2D eigenvalue weighted by Crippen LogP contribution is 2.49. The number of hydrogen-bond donors (Lipinski definition) is 0.